The molecule has 0 heterocycles. The third-order valence-corrected chi connectivity index (χ3v) is 2.13. The number of aliphatic hydroxyl groups is 1. The first-order valence-corrected chi connectivity index (χ1v) is 4.72. The van der Waals surface area contributed by atoms with Gasteiger partial charge in [0, 0.05) is 6.92 Å². The standard InChI is InChI=1S/C10H16O3/c1-8(11)13-10-7-5-3-2-4-6-9(10)12/h5,7,9-10,12H,2-4,6H2,1H3/b7-5+. The molecule has 74 valence electrons. The first-order chi connectivity index (χ1) is 6.20. The highest BCUT2D eigenvalue weighted by molar-refractivity contribution is 5.66. The summed E-state index contributed by atoms with van der Waals surface area (Å²) < 4.78 is 4.96. The molecular weight excluding hydrogens is 168 g/mol. The van der Waals surface area contributed by atoms with Crippen LogP contribution >= 0.6 is 0 Å². The van der Waals surface area contributed by atoms with Gasteiger partial charge < -0.3 is 9.84 Å². The zero-order valence-electron chi connectivity index (χ0n) is 7.90. The Kier molecular flexibility index (Phi) is 3.96. The van der Waals surface area contributed by atoms with Crippen LogP contribution in [0.2, 0.25) is 0 Å². The highest BCUT2D eigenvalue weighted by Gasteiger charge is 2.19. The fraction of sp³-hybridized carbons (Fsp3) is 0.700. The molecule has 3 nitrogen and oxygen atoms in total. The largest absolute Gasteiger partial charge is 0.456 e. The average molecular weight is 184 g/mol. The summed E-state index contributed by atoms with van der Waals surface area (Å²) in [7, 11) is 0. The van der Waals surface area contributed by atoms with Crippen molar-refractivity contribution in [2.75, 3.05) is 0 Å². The lowest BCUT2D eigenvalue weighted by atomic mass is 10.0. The lowest BCUT2D eigenvalue weighted by molar-refractivity contribution is -0.149. The number of carbonyl (C=O) groups excluding carboxylic acids is 1. The van der Waals surface area contributed by atoms with Crippen molar-refractivity contribution in [1.82, 2.24) is 0 Å². The van der Waals surface area contributed by atoms with E-state index in [1.54, 1.807) is 6.08 Å². The molecule has 0 spiro atoms. The zero-order valence-corrected chi connectivity index (χ0v) is 7.90. The molecule has 1 aliphatic rings. The number of hydrogen-bond donors (Lipinski definition) is 1. The Morgan fingerprint density at radius 1 is 1.54 bits per heavy atom. The Labute approximate surface area is 78.4 Å². The van der Waals surface area contributed by atoms with Gasteiger partial charge in [0.25, 0.3) is 0 Å². The second kappa shape index (κ2) is 5.02. The fourth-order valence-corrected chi connectivity index (χ4v) is 1.45. The maximum absolute atomic E-state index is 10.7. The van der Waals surface area contributed by atoms with Gasteiger partial charge in [0.15, 0.2) is 0 Å². The Bertz CT molecular complexity index is 198. The van der Waals surface area contributed by atoms with E-state index in [1.807, 2.05) is 6.08 Å². The molecule has 1 aliphatic carbocycles. The van der Waals surface area contributed by atoms with Crippen molar-refractivity contribution in [3.8, 4) is 0 Å². The van der Waals surface area contributed by atoms with Crippen molar-refractivity contribution < 1.29 is 14.6 Å². The molecule has 2 atom stereocenters. The van der Waals surface area contributed by atoms with Gasteiger partial charge in [0.2, 0.25) is 0 Å². The molecule has 0 aliphatic heterocycles. The Balaban J connectivity index is 2.54. The number of carbonyl (C=O) groups is 1. The van der Waals surface area contributed by atoms with Crippen LogP contribution in [0.5, 0.6) is 0 Å². The van der Waals surface area contributed by atoms with E-state index in [1.165, 1.54) is 6.92 Å². The summed E-state index contributed by atoms with van der Waals surface area (Å²) in [6.45, 7) is 1.36. The van der Waals surface area contributed by atoms with Crippen LogP contribution in [0.3, 0.4) is 0 Å². The van der Waals surface area contributed by atoms with E-state index < -0.39 is 12.2 Å². The van der Waals surface area contributed by atoms with Crippen molar-refractivity contribution in [2.45, 2.75) is 44.8 Å². The predicted octanol–water partition coefficient (Wildman–Crippen LogP) is 1.41. The number of allylic oxidation sites excluding steroid dienone is 1. The van der Waals surface area contributed by atoms with Gasteiger partial charge >= 0.3 is 5.97 Å². The van der Waals surface area contributed by atoms with Gasteiger partial charge in [-0.05, 0) is 25.3 Å². The van der Waals surface area contributed by atoms with Crippen LogP contribution in [-0.2, 0) is 9.53 Å². The van der Waals surface area contributed by atoms with E-state index in [4.69, 9.17) is 4.74 Å². The molecule has 0 radical (unpaired) electrons. The molecule has 0 aromatic rings. The van der Waals surface area contributed by atoms with Crippen molar-refractivity contribution in [3.05, 3.63) is 12.2 Å². The van der Waals surface area contributed by atoms with Gasteiger partial charge in [-0.2, -0.15) is 0 Å². The summed E-state index contributed by atoms with van der Waals surface area (Å²) in [5.74, 6) is -0.339. The zero-order chi connectivity index (χ0) is 9.68. The molecule has 13 heavy (non-hydrogen) atoms. The van der Waals surface area contributed by atoms with E-state index in [-0.39, 0.29) is 5.97 Å². The Morgan fingerprint density at radius 3 is 3.00 bits per heavy atom. The number of esters is 1. The van der Waals surface area contributed by atoms with Crippen molar-refractivity contribution >= 4 is 5.97 Å². The smallest absolute Gasteiger partial charge is 0.303 e. The minimum Gasteiger partial charge on any atom is -0.456 e. The molecule has 2 unspecified atom stereocenters. The quantitative estimate of drug-likeness (QED) is 0.495. The molecule has 3 heteroatoms. The van der Waals surface area contributed by atoms with Crippen LogP contribution in [0.15, 0.2) is 12.2 Å². The molecule has 0 saturated carbocycles. The third kappa shape index (κ3) is 3.59. The van der Waals surface area contributed by atoms with Gasteiger partial charge in [-0.3, -0.25) is 4.79 Å². The summed E-state index contributed by atoms with van der Waals surface area (Å²) in [6, 6.07) is 0. The molecule has 0 fully saturated rings. The molecule has 0 amide bonds. The van der Waals surface area contributed by atoms with Gasteiger partial charge in [-0.15, -0.1) is 0 Å². The lowest BCUT2D eigenvalue weighted by Gasteiger charge is -2.21. The number of aliphatic hydroxyl groups excluding tert-OH is 1. The van der Waals surface area contributed by atoms with E-state index in [0.29, 0.717) is 6.42 Å². The van der Waals surface area contributed by atoms with Crippen molar-refractivity contribution in [1.29, 1.82) is 0 Å². The summed E-state index contributed by atoms with van der Waals surface area (Å²) in [6.07, 6.45) is 6.57. The summed E-state index contributed by atoms with van der Waals surface area (Å²) >= 11 is 0. The summed E-state index contributed by atoms with van der Waals surface area (Å²) in [5.41, 5.74) is 0. The van der Waals surface area contributed by atoms with Gasteiger partial charge in [-0.25, -0.2) is 0 Å². The second-order valence-electron chi connectivity index (χ2n) is 3.35. The molecule has 0 bridgehead atoms. The van der Waals surface area contributed by atoms with Gasteiger partial charge in [-0.1, -0.05) is 12.5 Å². The van der Waals surface area contributed by atoms with E-state index >= 15 is 0 Å². The molecule has 0 saturated heterocycles. The summed E-state index contributed by atoms with van der Waals surface area (Å²) in [4.78, 5) is 10.7. The average Bonchev–Trinajstić information content (AvgIpc) is 2.04. The van der Waals surface area contributed by atoms with Gasteiger partial charge in [0.05, 0.1) is 6.10 Å². The van der Waals surface area contributed by atoms with Crippen molar-refractivity contribution in [3.63, 3.8) is 0 Å². The number of ether oxygens (including phenoxy) is 1. The number of rotatable bonds is 1. The maximum Gasteiger partial charge on any atom is 0.303 e. The van der Waals surface area contributed by atoms with Crippen LogP contribution in [0.1, 0.15) is 32.6 Å². The van der Waals surface area contributed by atoms with Crippen LogP contribution < -0.4 is 0 Å². The predicted molar refractivity (Wildman–Crippen MR) is 49.2 cm³/mol. The lowest BCUT2D eigenvalue weighted by Crippen LogP contribution is -2.29. The highest BCUT2D eigenvalue weighted by Crippen LogP contribution is 2.15. The SMILES string of the molecule is CC(=O)OC1/C=C/CCCCC1O. The molecular formula is C10H16O3. The van der Waals surface area contributed by atoms with Crippen LogP contribution in [0.25, 0.3) is 0 Å². The topological polar surface area (TPSA) is 46.5 Å². The van der Waals surface area contributed by atoms with Crippen LogP contribution in [0.4, 0.5) is 0 Å². The normalized spacial score (nSPS) is 31.5. The van der Waals surface area contributed by atoms with Crippen LogP contribution in [0, 0.1) is 0 Å². The summed E-state index contributed by atoms with van der Waals surface area (Å²) in [5, 5.41) is 9.59. The first kappa shape index (κ1) is 10.3. The second-order valence-corrected chi connectivity index (χ2v) is 3.35. The van der Waals surface area contributed by atoms with Gasteiger partial charge in [0.1, 0.15) is 6.10 Å². The Morgan fingerprint density at radius 2 is 2.31 bits per heavy atom. The minimum atomic E-state index is -0.541. The first-order valence-electron chi connectivity index (χ1n) is 4.72. The van der Waals surface area contributed by atoms with Crippen LogP contribution in [-0.4, -0.2) is 23.3 Å². The Hall–Kier alpha value is -0.830. The van der Waals surface area contributed by atoms with Crippen molar-refractivity contribution in [2.24, 2.45) is 0 Å². The molecule has 1 N–H and O–H groups in total. The highest BCUT2D eigenvalue weighted by atomic mass is 16.6. The fourth-order valence-electron chi connectivity index (χ4n) is 1.45. The van der Waals surface area contributed by atoms with E-state index in [9.17, 15) is 9.90 Å². The number of hydrogen-bond acceptors (Lipinski definition) is 3. The molecule has 0 aromatic heterocycles. The monoisotopic (exact) mass is 184 g/mol. The molecule has 1 rings (SSSR count). The third-order valence-electron chi connectivity index (χ3n) is 2.13. The maximum atomic E-state index is 10.7. The van der Waals surface area contributed by atoms with E-state index in [0.717, 1.165) is 19.3 Å². The minimum absolute atomic E-state index is 0.339. The van der Waals surface area contributed by atoms with E-state index in [2.05, 4.69) is 0 Å². The molecule has 0 aromatic carbocycles.